The zero-order valence-corrected chi connectivity index (χ0v) is 42.2. The molecule has 28 heteroatoms. The first kappa shape index (κ1) is 54.8. The van der Waals surface area contributed by atoms with E-state index in [2.05, 4.69) is 62.3 Å². The summed E-state index contributed by atoms with van der Waals surface area (Å²) in [7, 11) is 1.13. The van der Waals surface area contributed by atoms with Crippen LogP contribution in [0.1, 0.15) is 62.6 Å². The molecule has 77 heavy (non-hydrogen) atoms. The summed E-state index contributed by atoms with van der Waals surface area (Å²) in [6, 6.07) is 14.7. The van der Waals surface area contributed by atoms with Gasteiger partial charge in [0.2, 0.25) is 11.8 Å². The molecule has 398 valence electrons. The van der Waals surface area contributed by atoms with Crippen molar-refractivity contribution in [3.63, 3.8) is 0 Å². The van der Waals surface area contributed by atoms with Crippen LogP contribution in [0.5, 0.6) is 23.0 Å². The minimum atomic E-state index is -1.49. The summed E-state index contributed by atoms with van der Waals surface area (Å²) in [5.41, 5.74) is 3.59. The van der Waals surface area contributed by atoms with Crippen molar-refractivity contribution in [3.05, 3.63) is 129 Å². The molecule has 0 spiro atoms. The van der Waals surface area contributed by atoms with Crippen molar-refractivity contribution in [1.29, 1.82) is 0 Å². The van der Waals surface area contributed by atoms with Gasteiger partial charge in [0.05, 0.1) is 54.8 Å². The van der Waals surface area contributed by atoms with Gasteiger partial charge in [-0.15, -0.1) is 0 Å². The number of nitrogens with zero attached hydrogens (tertiary/aromatic N) is 4. The lowest BCUT2D eigenvalue weighted by Crippen LogP contribution is -2.49. The third-order valence-electron chi connectivity index (χ3n) is 11.0. The lowest BCUT2D eigenvalue weighted by molar-refractivity contribution is -0.142. The highest BCUT2D eigenvalue weighted by Gasteiger charge is 2.28. The van der Waals surface area contributed by atoms with Crippen molar-refractivity contribution in [3.8, 4) is 23.0 Å². The number of benzene rings is 4. The fourth-order valence-corrected chi connectivity index (χ4v) is 9.16. The van der Waals surface area contributed by atoms with Crippen molar-refractivity contribution in [1.82, 2.24) is 51.6 Å². The fourth-order valence-electron chi connectivity index (χ4n) is 7.39. The molecule has 0 radical (unpaired) electrons. The van der Waals surface area contributed by atoms with Gasteiger partial charge < -0.3 is 62.2 Å². The van der Waals surface area contributed by atoms with Crippen LogP contribution in [-0.2, 0) is 36.8 Å². The van der Waals surface area contributed by atoms with Crippen LogP contribution < -0.4 is 31.9 Å². The van der Waals surface area contributed by atoms with E-state index in [1.807, 2.05) is 24.3 Å². The predicted molar refractivity (Wildman–Crippen MR) is 277 cm³/mol. The minimum absolute atomic E-state index is 0.0504. The molecule has 0 aliphatic rings. The molecule has 0 aliphatic heterocycles. The second-order valence-corrected chi connectivity index (χ2v) is 18.6. The average molecular weight is 1090 g/mol. The molecule has 0 unspecified atom stereocenters. The van der Waals surface area contributed by atoms with Crippen LogP contribution in [0, 0.1) is 13.8 Å². The third kappa shape index (κ3) is 14.2. The molecule has 8 rings (SSSR count). The summed E-state index contributed by atoms with van der Waals surface area (Å²) >= 11 is 1.81. The van der Waals surface area contributed by atoms with E-state index in [1.165, 1.54) is 0 Å². The topological polar surface area (TPSA) is 402 Å². The number of H-pyrrole nitrogens is 2. The van der Waals surface area contributed by atoms with E-state index in [1.54, 1.807) is 38.4 Å². The molecule has 4 aromatic carbocycles. The summed E-state index contributed by atoms with van der Waals surface area (Å²) in [5.74, 6) is -7.11. The highest BCUT2D eigenvalue weighted by atomic mass is 32.1. The second kappa shape index (κ2) is 24.4. The van der Waals surface area contributed by atoms with Gasteiger partial charge in [0.25, 0.3) is 23.6 Å². The Labute approximate surface area is 441 Å². The van der Waals surface area contributed by atoms with Gasteiger partial charge in [-0.2, -0.15) is 10.2 Å². The van der Waals surface area contributed by atoms with E-state index < -0.39 is 54.2 Å². The number of anilines is 2. The summed E-state index contributed by atoms with van der Waals surface area (Å²) in [5, 5.41) is 78.3. The zero-order chi connectivity index (χ0) is 55.5. The number of methoxy groups -OCH3 is 1. The largest absolute Gasteiger partial charge is 0.508 e. The van der Waals surface area contributed by atoms with Gasteiger partial charge in [0.1, 0.15) is 44.8 Å². The van der Waals surface area contributed by atoms with Crippen LogP contribution in [-0.4, -0.2) is 136 Å². The number of carboxylic acids is 1. The van der Waals surface area contributed by atoms with Gasteiger partial charge in [-0.05, 0) is 61.4 Å². The molecule has 0 saturated carbocycles. The SMILES string of the molecule is COC(=O)[C@H](CNC(=O)c1cc(O)cc(O)c1)NC(=O)c1sc(NC(=O)Cc2cccc3[nH]ncc23)nc1C.Cc1nc(NC(=O)Cc2cccc3[nH]ncc23)sc1C(=O)N[C@@H](CNC(=O)c1cc(O)cc(O)c1)C(=O)O. The highest BCUT2D eigenvalue weighted by Crippen LogP contribution is 2.26. The number of esters is 1. The maximum Gasteiger partial charge on any atom is 0.330 e. The van der Waals surface area contributed by atoms with Gasteiger partial charge in [-0.25, -0.2) is 19.6 Å². The number of ether oxygens (including phenoxy) is 1. The van der Waals surface area contributed by atoms with Crippen LogP contribution in [0.3, 0.4) is 0 Å². The molecule has 8 aromatic rings. The highest BCUT2D eigenvalue weighted by molar-refractivity contribution is 7.18. The number of aromatic hydroxyl groups is 4. The maximum absolute atomic E-state index is 13.0. The van der Waals surface area contributed by atoms with Crippen molar-refractivity contribution in [2.75, 3.05) is 30.8 Å². The fraction of sp³-hybridized carbons (Fsp3) is 0.184. The number of carbonyl (C=O) groups is 8. The Morgan fingerprint density at radius 2 is 0.987 bits per heavy atom. The van der Waals surface area contributed by atoms with Crippen LogP contribution >= 0.6 is 22.7 Å². The summed E-state index contributed by atoms with van der Waals surface area (Å²) < 4.78 is 4.73. The Morgan fingerprint density at radius 1 is 0.584 bits per heavy atom. The number of hydrogen-bond donors (Lipinski definition) is 13. The van der Waals surface area contributed by atoms with Gasteiger partial charge in [0.15, 0.2) is 10.3 Å². The van der Waals surface area contributed by atoms with Crippen molar-refractivity contribution < 1.29 is 68.6 Å². The van der Waals surface area contributed by atoms with Gasteiger partial charge in [-0.3, -0.25) is 39.0 Å². The van der Waals surface area contributed by atoms with E-state index in [0.29, 0.717) is 5.69 Å². The summed E-state index contributed by atoms with van der Waals surface area (Å²) in [4.78, 5) is 108. The first-order chi connectivity index (χ1) is 36.7. The second-order valence-electron chi connectivity index (χ2n) is 16.6. The normalized spacial score (nSPS) is 11.6. The number of aromatic amines is 2. The Hall–Kier alpha value is -9.96. The van der Waals surface area contributed by atoms with Crippen LogP contribution in [0.4, 0.5) is 10.3 Å². The van der Waals surface area contributed by atoms with E-state index in [4.69, 9.17) is 4.74 Å². The van der Waals surface area contributed by atoms with Crippen LogP contribution in [0.25, 0.3) is 21.8 Å². The van der Waals surface area contributed by atoms with Crippen molar-refractivity contribution in [2.24, 2.45) is 0 Å². The first-order valence-electron chi connectivity index (χ1n) is 22.7. The number of aryl methyl sites for hydroxylation is 2. The molecule has 4 aromatic heterocycles. The van der Waals surface area contributed by atoms with Gasteiger partial charge in [-0.1, -0.05) is 46.9 Å². The lowest BCUT2D eigenvalue weighted by atomic mass is 10.1. The number of aromatic nitrogens is 6. The Bertz CT molecular complexity index is 3530. The number of phenolic OH excluding ortho intramolecular Hbond substituents is 4. The molecule has 0 bridgehead atoms. The number of rotatable bonds is 18. The molecule has 0 saturated heterocycles. The number of thiazole rings is 2. The molecule has 4 heterocycles. The van der Waals surface area contributed by atoms with Gasteiger partial charge in [0, 0.05) is 47.1 Å². The third-order valence-corrected chi connectivity index (χ3v) is 13.2. The number of fused-ring (bicyclic) bond motifs is 2. The molecular formula is C49H46N12O14S2. The van der Waals surface area contributed by atoms with Crippen molar-refractivity contribution >= 4 is 102 Å². The predicted octanol–water partition coefficient (Wildman–Crippen LogP) is 3.15. The van der Waals surface area contributed by atoms with Crippen LogP contribution in [0.2, 0.25) is 0 Å². The Balaban J connectivity index is 0.000000224. The minimum Gasteiger partial charge on any atom is -0.508 e. The van der Waals surface area contributed by atoms with E-state index in [9.17, 15) is 63.9 Å². The summed E-state index contributed by atoms with van der Waals surface area (Å²) in [6.45, 7) is 2.31. The van der Waals surface area contributed by atoms with E-state index in [0.717, 1.165) is 99.1 Å². The number of phenols is 4. The maximum atomic E-state index is 13.0. The molecular weight excluding hydrogens is 1040 g/mol. The van der Waals surface area contributed by atoms with Crippen molar-refractivity contribution in [2.45, 2.75) is 38.8 Å². The van der Waals surface area contributed by atoms with Crippen LogP contribution in [0.15, 0.2) is 85.2 Å². The Kier molecular flexibility index (Phi) is 17.4. The molecule has 0 aliphatic carbocycles. The first-order valence-corrected chi connectivity index (χ1v) is 24.3. The molecule has 2 atom stereocenters. The zero-order valence-electron chi connectivity index (χ0n) is 40.6. The number of carboxylic acid groups (broad SMARTS) is 1. The Morgan fingerprint density at radius 3 is 1.39 bits per heavy atom. The standard InChI is InChI=1S/C25H24N6O7S.C24H22N6O7S/c1-12-21(39-25(28-12)30-20(34)8-13-4-3-5-18-17(13)10-27-31-18)23(36)29-19(24(37)38-2)11-26-22(35)14-6-15(32)9-16(33)7-14;1-11-20(38-24(27-11)29-19(33)7-12-3-2-4-17-16(12)9-26-30-17)22(35)28-18(23(36)37)10-25-21(34)13-5-14(31)8-15(32)6-13/h3-7,9-10,19,32-33H,8,11H2,1-2H3,(H,26,35)(H,27,31)(H,29,36)(H,28,30,34);2-6,8-9,18,31-32H,7,10H2,1H3,(H,25,34)(H,26,30)(H,28,35)(H,36,37)(H,27,29,33)/t19-;18-/m00/s1. The monoisotopic (exact) mass is 1090 g/mol. The molecule has 13 N–H and O–H groups in total. The lowest BCUT2D eigenvalue weighted by Gasteiger charge is -2.17. The average Bonchev–Trinajstić information content (AvgIpc) is 4.21. The number of nitrogens with one attached hydrogen (secondary N) is 8. The van der Waals surface area contributed by atoms with E-state index >= 15 is 0 Å². The quantitative estimate of drug-likeness (QED) is 0.0549. The molecule has 6 amide bonds. The van der Waals surface area contributed by atoms with Gasteiger partial charge >= 0.3 is 11.9 Å². The number of amides is 6. The number of aliphatic carboxylic acids is 1. The number of hydrogen-bond acceptors (Lipinski definition) is 19. The molecule has 26 nitrogen and oxygen atoms in total. The molecule has 0 fully saturated rings. The van der Waals surface area contributed by atoms with E-state index in [-0.39, 0.29) is 91.0 Å². The number of carbonyl (C=O) groups excluding carboxylic acids is 7. The summed E-state index contributed by atoms with van der Waals surface area (Å²) in [6.07, 6.45) is 3.39. The smallest absolute Gasteiger partial charge is 0.330 e.